The maximum Gasteiger partial charge on any atom is 0.325 e. The Hall–Kier alpha value is -4.21. The molecule has 0 spiro atoms. The first-order valence-corrected chi connectivity index (χ1v) is 14.9. The van der Waals surface area contributed by atoms with Crippen molar-refractivity contribution in [3.8, 4) is 0 Å². The van der Waals surface area contributed by atoms with Gasteiger partial charge in [0.25, 0.3) is 5.91 Å². The third-order valence-electron chi connectivity index (χ3n) is 8.57. The van der Waals surface area contributed by atoms with E-state index in [9.17, 15) is 9.59 Å². The number of carbonyl (C=O) groups excluding carboxylic acids is 2. The number of piperidine rings is 1. The number of methoxy groups -OCH3 is 1. The van der Waals surface area contributed by atoms with E-state index >= 15 is 0 Å². The van der Waals surface area contributed by atoms with Crippen LogP contribution < -0.4 is 15.5 Å². The first-order chi connectivity index (χ1) is 20.7. The number of nitrogens with zero attached hydrogens (tertiary/aromatic N) is 4. The van der Waals surface area contributed by atoms with Crippen LogP contribution in [0.2, 0.25) is 0 Å². The summed E-state index contributed by atoms with van der Waals surface area (Å²) in [5.74, 6) is 0.829. The van der Waals surface area contributed by atoms with Gasteiger partial charge in [-0.15, -0.1) is 0 Å². The van der Waals surface area contributed by atoms with Gasteiger partial charge in [0.05, 0.1) is 11.1 Å². The number of benzene rings is 2. The molecule has 1 aliphatic rings. The maximum absolute atomic E-state index is 13.2. The van der Waals surface area contributed by atoms with Crippen LogP contribution in [0.4, 0.5) is 22.0 Å². The smallest absolute Gasteiger partial charge is 0.325 e. The lowest BCUT2D eigenvalue weighted by Gasteiger charge is -2.30. The molecule has 43 heavy (non-hydrogen) atoms. The van der Waals surface area contributed by atoms with Crippen molar-refractivity contribution < 1.29 is 14.3 Å². The minimum absolute atomic E-state index is 0.188. The van der Waals surface area contributed by atoms with E-state index < -0.39 is 0 Å². The molecule has 0 unspecified atom stereocenters. The summed E-state index contributed by atoms with van der Waals surface area (Å²) in [6.07, 6.45) is 6.52. The molecule has 226 valence electrons. The molecular weight excluding hydrogens is 540 g/mol. The molecule has 2 N–H and O–H groups in total. The average molecular weight is 583 g/mol. The van der Waals surface area contributed by atoms with Gasteiger partial charge in [0, 0.05) is 61.5 Å². The molecule has 9 nitrogen and oxygen atoms in total. The van der Waals surface area contributed by atoms with Crippen molar-refractivity contribution >= 4 is 40.0 Å². The fourth-order valence-corrected chi connectivity index (χ4v) is 5.58. The zero-order chi connectivity index (χ0) is 30.6. The van der Waals surface area contributed by atoms with Gasteiger partial charge < -0.3 is 25.2 Å². The van der Waals surface area contributed by atoms with Gasteiger partial charge in [-0.25, -0.2) is 9.78 Å². The van der Waals surface area contributed by atoms with Crippen LogP contribution in [0.1, 0.15) is 54.9 Å². The van der Waals surface area contributed by atoms with E-state index in [4.69, 9.17) is 4.74 Å². The molecule has 5 rings (SSSR count). The molecular formula is C34H42N6O3. The standard InChI is InChI=1S/C34H42N6O3/c1-34(2,43-5)16-21-39(28-10-11-30-27(22-28)15-20-40(30)33(42)35-3)29-12-17-36-31(23-29)37-32(41)26-8-6-24(7-9-26)25-13-18-38(4)19-14-25/h6-12,15,17,20,22-23,25H,13-14,16,18-19,21H2,1-5H3,(H,35,42)(H,36,37,41). The molecule has 4 aromatic rings. The molecule has 0 bridgehead atoms. The van der Waals surface area contributed by atoms with Crippen molar-refractivity contribution in [2.75, 3.05) is 51.1 Å². The highest BCUT2D eigenvalue weighted by Gasteiger charge is 2.22. The Morgan fingerprint density at radius 2 is 1.74 bits per heavy atom. The number of hydrogen-bond donors (Lipinski definition) is 2. The van der Waals surface area contributed by atoms with Crippen LogP contribution in [0.25, 0.3) is 10.9 Å². The molecule has 0 aliphatic carbocycles. The third-order valence-corrected chi connectivity index (χ3v) is 8.57. The first-order valence-electron chi connectivity index (χ1n) is 14.9. The Labute approximate surface area is 253 Å². The lowest BCUT2D eigenvalue weighted by molar-refractivity contribution is 0.0176. The van der Waals surface area contributed by atoms with E-state index in [1.165, 1.54) is 5.56 Å². The predicted molar refractivity (Wildman–Crippen MR) is 173 cm³/mol. The Bertz CT molecular complexity index is 1570. The topological polar surface area (TPSA) is 91.7 Å². The van der Waals surface area contributed by atoms with Crippen molar-refractivity contribution in [1.29, 1.82) is 0 Å². The van der Waals surface area contributed by atoms with Gasteiger partial charge in [-0.1, -0.05) is 12.1 Å². The fraction of sp³-hybridized carbons (Fsp3) is 0.382. The molecule has 2 amide bonds. The van der Waals surface area contributed by atoms with Gasteiger partial charge in [-0.2, -0.15) is 0 Å². The second kappa shape index (κ2) is 13.0. The second-order valence-electron chi connectivity index (χ2n) is 11.9. The van der Waals surface area contributed by atoms with Crippen LogP contribution in [0.5, 0.6) is 0 Å². The van der Waals surface area contributed by atoms with E-state index in [-0.39, 0.29) is 17.5 Å². The van der Waals surface area contributed by atoms with Crippen molar-refractivity contribution in [3.63, 3.8) is 0 Å². The zero-order valence-electron chi connectivity index (χ0n) is 25.8. The Morgan fingerprint density at radius 3 is 2.44 bits per heavy atom. The number of ether oxygens (including phenoxy) is 1. The Kier molecular flexibility index (Phi) is 9.13. The van der Waals surface area contributed by atoms with Gasteiger partial charge >= 0.3 is 6.03 Å². The second-order valence-corrected chi connectivity index (χ2v) is 11.9. The number of fused-ring (bicyclic) bond motifs is 1. The molecule has 3 heterocycles. The van der Waals surface area contributed by atoms with Crippen molar-refractivity contribution in [2.24, 2.45) is 0 Å². The van der Waals surface area contributed by atoms with E-state index in [1.807, 2.05) is 42.5 Å². The number of aromatic nitrogens is 2. The molecule has 1 aliphatic heterocycles. The first kappa shape index (κ1) is 30.3. The average Bonchev–Trinajstić information content (AvgIpc) is 3.45. The van der Waals surface area contributed by atoms with Crippen LogP contribution in [0, 0.1) is 0 Å². The highest BCUT2D eigenvalue weighted by molar-refractivity contribution is 6.04. The monoisotopic (exact) mass is 582 g/mol. The van der Waals surface area contributed by atoms with Gasteiger partial charge in [0.1, 0.15) is 5.82 Å². The molecule has 0 saturated carbocycles. The number of pyridine rings is 1. The summed E-state index contributed by atoms with van der Waals surface area (Å²) in [5, 5.41) is 6.61. The number of nitrogens with one attached hydrogen (secondary N) is 2. The van der Waals surface area contributed by atoms with Gasteiger partial charge in [-0.3, -0.25) is 9.36 Å². The van der Waals surface area contributed by atoms with Crippen LogP contribution in [-0.4, -0.2) is 72.8 Å². The molecule has 0 atom stereocenters. The van der Waals surface area contributed by atoms with Crippen molar-refractivity contribution in [1.82, 2.24) is 19.8 Å². The molecule has 1 fully saturated rings. The summed E-state index contributed by atoms with van der Waals surface area (Å²) in [4.78, 5) is 34.5. The van der Waals surface area contributed by atoms with E-state index in [2.05, 4.69) is 64.5 Å². The number of amides is 2. The fourth-order valence-electron chi connectivity index (χ4n) is 5.58. The zero-order valence-corrected chi connectivity index (χ0v) is 25.8. The number of hydrogen-bond acceptors (Lipinski definition) is 6. The number of rotatable bonds is 9. The minimum Gasteiger partial charge on any atom is -0.379 e. The summed E-state index contributed by atoms with van der Waals surface area (Å²) < 4.78 is 7.30. The molecule has 2 aromatic carbocycles. The van der Waals surface area contributed by atoms with Gasteiger partial charge in [0.15, 0.2) is 0 Å². The largest absolute Gasteiger partial charge is 0.379 e. The summed E-state index contributed by atoms with van der Waals surface area (Å²) in [5.41, 5.74) is 4.25. The van der Waals surface area contributed by atoms with Gasteiger partial charge in [0.2, 0.25) is 0 Å². The van der Waals surface area contributed by atoms with Crippen molar-refractivity contribution in [3.05, 3.63) is 84.2 Å². The summed E-state index contributed by atoms with van der Waals surface area (Å²) in [6.45, 7) is 7.00. The summed E-state index contributed by atoms with van der Waals surface area (Å²) in [6, 6.07) is 19.6. The van der Waals surface area contributed by atoms with E-state index in [1.54, 1.807) is 31.1 Å². The molecule has 1 saturated heterocycles. The number of likely N-dealkylation sites (tertiary alicyclic amines) is 1. The minimum atomic E-state index is -0.325. The molecule has 9 heteroatoms. The summed E-state index contributed by atoms with van der Waals surface area (Å²) >= 11 is 0. The third kappa shape index (κ3) is 7.06. The number of carbonyl (C=O) groups is 2. The van der Waals surface area contributed by atoms with Crippen LogP contribution in [0.15, 0.2) is 73.1 Å². The van der Waals surface area contributed by atoms with Gasteiger partial charge in [-0.05, 0) is 107 Å². The van der Waals surface area contributed by atoms with Crippen LogP contribution in [0.3, 0.4) is 0 Å². The van der Waals surface area contributed by atoms with E-state index in [0.29, 0.717) is 23.8 Å². The highest BCUT2D eigenvalue weighted by atomic mass is 16.5. The van der Waals surface area contributed by atoms with Crippen molar-refractivity contribution in [2.45, 2.75) is 44.6 Å². The molecule has 2 aromatic heterocycles. The lowest BCUT2D eigenvalue weighted by atomic mass is 9.89. The normalized spacial score (nSPS) is 14.5. The van der Waals surface area contributed by atoms with E-state index in [0.717, 1.165) is 54.6 Å². The lowest BCUT2D eigenvalue weighted by Crippen LogP contribution is -2.30. The Balaban J connectivity index is 1.37. The number of anilines is 3. The van der Waals surface area contributed by atoms with Crippen LogP contribution >= 0.6 is 0 Å². The van der Waals surface area contributed by atoms with Crippen LogP contribution in [-0.2, 0) is 4.74 Å². The Morgan fingerprint density at radius 1 is 1.02 bits per heavy atom. The highest BCUT2D eigenvalue weighted by Crippen LogP contribution is 2.32. The SMILES string of the molecule is CNC(=O)n1ccc2cc(N(CCC(C)(C)OC)c3ccnc(NC(=O)c4ccc(C5CCN(C)CC5)cc4)c3)ccc21. The quantitative estimate of drug-likeness (QED) is 0.243. The summed E-state index contributed by atoms with van der Waals surface area (Å²) in [7, 11) is 5.50. The predicted octanol–water partition coefficient (Wildman–Crippen LogP) is 6.24. The molecule has 0 radical (unpaired) electrons. The maximum atomic E-state index is 13.2.